The number of primary amides is 1. The number of rotatable bonds is 5. The molecule has 0 spiro atoms. The Hall–Kier alpha value is -3.03. The van der Waals surface area contributed by atoms with Crippen molar-refractivity contribution in [2.24, 2.45) is 5.73 Å². The molecule has 2 aromatic rings. The number of aromatic nitrogens is 2. The van der Waals surface area contributed by atoms with Gasteiger partial charge in [0, 0.05) is 17.8 Å². The van der Waals surface area contributed by atoms with E-state index in [1.165, 1.54) is 23.1 Å². The van der Waals surface area contributed by atoms with Crippen LogP contribution in [0, 0.1) is 11.6 Å². The minimum Gasteiger partial charge on any atom is -0.368 e. The van der Waals surface area contributed by atoms with Crippen LogP contribution in [0.1, 0.15) is 5.56 Å². The first-order valence-electron chi connectivity index (χ1n) is 6.19. The number of benzene rings is 1. The first-order valence-corrected chi connectivity index (χ1v) is 6.19. The summed E-state index contributed by atoms with van der Waals surface area (Å²) in [6.07, 6.45) is 4.75. The summed E-state index contributed by atoms with van der Waals surface area (Å²) in [7, 11) is 0. The van der Waals surface area contributed by atoms with E-state index in [0.29, 0.717) is 5.69 Å². The second-order valence-electron chi connectivity index (χ2n) is 4.35. The topological polar surface area (TPSA) is 90.0 Å². The Balaban J connectivity index is 2.02. The third kappa shape index (κ3) is 3.98. The maximum atomic E-state index is 13.4. The lowest BCUT2D eigenvalue weighted by atomic mass is 10.2. The van der Waals surface area contributed by atoms with Gasteiger partial charge >= 0.3 is 0 Å². The largest absolute Gasteiger partial charge is 0.368 e. The summed E-state index contributed by atoms with van der Waals surface area (Å²) in [4.78, 5) is 22.4. The fourth-order valence-corrected chi connectivity index (χ4v) is 1.69. The van der Waals surface area contributed by atoms with E-state index < -0.39 is 23.4 Å². The lowest BCUT2D eigenvalue weighted by Crippen LogP contribution is -2.18. The zero-order valence-electron chi connectivity index (χ0n) is 11.3. The van der Waals surface area contributed by atoms with Crippen LogP contribution in [0.2, 0.25) is 0 Å². The number of carbonyl (C=O) groups is 2. The van der Waals surface area contributed by atoms with Crippen LogP contribution in [0.25, 0.3) is 6.08 Å². The van der Waals surface area contributed by atoms with Crippen molar-refractivity contribution in [3.8, 4) is 0 Å². The molecule has 0 bridgehead atoms. The van der Waals surface area contributed by atoms with Crippen LogP contribution in [0.5, 0.6) is 0 Å². The highest BCUT2D eigenvalue weighted by Gasteiger charge is 2.06. The first kappa shape index (κ1) is 15.4. The summed E-state index contributed by atoms with van der Waals surface area (Å²) in [5.74, 6) is -2.70. The molecule has 0 aliphatic rings. The van der Waals surface area contributed by atoms with Crippen molar-refractivity contribution in [2.75, 3.05) is 5.32 Å². The molecule has 1 aromatic carbocycles. The van der Waals surface area contributed by atoms with Gasteiger partial charge in [-0.3, -0.25) is 14.3 Å². The molecule has 0 aliphatic heterocycles. The summed E-state index contributed by atoms with van der Waals surface area (Å²) in [5.41, 5.74) is 5.03. The molecule has 22 heavy (non-hydrogen) atoms. The molecule has 1 heterocycles. The molecule has 2 amide bonds. The Bertz CT molecular complexity index is 720. The predicted octanol–water partition coefficient (Wildman–Crippen LogP) is 1.30. The Labute approximate surface area is 124 Å². The number of nitrogens with two attached hydrogens (primary N) is 1. The standard InChI is InChI=1S/C14H12F2N4O2/c15-11-2-1-3-12(16)10(11)4-5-14(22)19-9-6-18-20(7-9)8-13(17)21/h1-7H,8H2,(H2,17,21)(H,19,22). The normalized spacial score (nSPS) is 10.8. The summed E-state index contributed by atoms with van der Waals surface area (Å²) < 4.78 is 28.0. The van der Waals surface area contributed by atoms with Gasteiger partial charge in [0.1, 0.15) is 18.2 Å². The molecule has 0 atom stereocenters. The van der Waals surface area contributed by atoms with E-state index in [1.54, 1.807) is 0 Å². The van der Waals surface area contributed by atoms with Crippen LogP contribution in [-0.4, -0.2) is 21.6 Å². The Kier molecular flexibility index (Phi) is 4.62. The van der Waals surface area contributed by atoms with Crippen LogP contribution in [0.15, 0.2) is 36.7 Å². The summed E-state index contributed by atoms with van der Waals surface area (Å²) in [6, 6.07) is 3.41. The minimum atomic E-state index is -0.765. The number of nitrogens with one attached hydrogen (secondary N) is 1. The zero-order valence-corrected chi connectivity index (χ0v) is 11.3. The number of anilines is 1. The Morgan fingerprint density at radius 2 is 2.00 bits per heavy atom. The second-order valence-corrected chi connectivity index (χ2v) is 4.35. The van der Waals surface area contributed by atoms with Crippen molar-refractivity contribution < 1.29 is 18.4 Å². The fraction of sp³-hybridized carbons (Fsp3) is 0.0714. The SMILES string of the molecule is NC(=O)Cn1cc(NC(=O)C=Cc2c(F)cccc2F)cn1. The van der Waals surface area contributed by atoms with Crippen LogP contribution in [0.3, 0.4) is 0 Å². The summed E-state index contributed by atoms with van der Waals surface area (Å²) >= 11 is 0. The van der Waals surface area contributed by atoms with Gasteiger partial charge in [-0.2, -0.15) is 5.10 Å². The molecule has 8 heteroatoms. The van der Waals surface area contributed by atoms with Crippen molar-refractivity contribution in [3.05, 3.63) is 53.9 Å². The van der Waals surface area contributed by atoms with Gasteiger partial charge in [-0.1, -0.05) is 6.07 Å². The molecule has 0 saturated heterocycles. The average molecular weight is 306 g/mol. The van der Waals surface area contributed by atoms with Crippen molar-refractivity contribution in [2.45, 2.75) is 6.54 Å². The zero-order chi connectivity index (χ0) is 16.1. The van der Waals surface area contributed by atoms with E-state index in [1.807, 2.05) is 0 Å². The number of hydrogen-bond acceptors (Lipinski definition) is 3. The van der Waals surface area contributed by atoms with Gasteiger partial charge < -0.3 is 11.1 Å². The van der Waals surface area contributed by atoms with Gasteiger partial charge in [0.2, 0.25) is 11.8 Å². The van der Waals surface area contributed by atoms with Crippen molar-refractivity contribution in [3.63, 3.8) is 0 Å². The molecular weight excluding hydrogens is 294 g/mol. The third-order valence-electron chi connectivity index (χ3n) is 2.62. The number of halogens is 2. The molecule has 0 unspecified atom stereocenters. The van der Waals surface area contributed by atoms with Crippen molar-refractivity contribution in [1.29, 1.82) is 0 Å². The maximum absolute atomic E-state index is 13.4. The van der Waals surface area contributed by atoms with Crippen molar-refractivity contribution in [1.82, 2.24) is 9.78 Å². The van der Waals surface area contributed by atoms with Gasteiger partial charge in [-0.05, 0) is 18.2 Å². The molecule has 3 N–H and O–H groups in total. The number of nitrogens with zero attached hydrogens (tertiary/aromatic N) is 2. The molecule has 0 fully saturated rings. The molecule has 0 radical (unpaired) electrons. The van der Waals surface area contributed by atoms with Gasteiger partial charge in [-0.25, -0.2) is 8.78 Å². The van der Waals surface area contributed by atoms with E-state index in [4.69, 9.17) is 5.73 Å². The number of hydrogen-bond donors (Lipinski definition) is 2. The lowest BCUT2D eigenvalue weighted by Gasteiger charge is -1.99. The molecule has 0 aliphatic carbocycles. The van der Waals surface area contributed by atoms with Crippen molar-refractivity contribution >= 4 is 23.6 Å². The van der Waals surface area contributed by atoms with Crippen LogP contribution < -0.4 is 11.1 Å². The minimum absolute atomic E-state index is 0.119. The molecule has 114 valence electrons. The highest BCUT2D eigenvalue weighted by Crippen LogP contribution is 2.14. The van der Waals surface area contributed by atoms with E-state index >= 15 is 0 Å². The Morgan fingerprint density at radius 3 is 2.64 bits per heavy atom. The molecule has 2 rings (SSSR count). The van der Waals surface area contributed by atoms with Gasteiger partial charge in [0.25, 0.3) is 0 Å². The Morgan fingerprint density at radius 1 is 1.32 bits per heavy atom. The van der Waals surface area contributed by atoms with E-state index in [-0.39, 0.29) is 12.1 Å². The number of amides is 2. The number of carbonyl (C=O) groups excluding carboxylic acids is 2. The van der Waals surface area contributed by atoms with Crippen LogP contribution >= 0.6 is 0 Å². The fourth-order valence-electron chi connectivity index (χ4n) is 1.69. The maximum Gasteiger partial charge on any atom is 0.248 e. The van der Waals surface area contributed by atoms with Gasteiger partial charge in [-0.15, -0.1) is 0 Å². The van der Waals surface area contributed by atoms with Gasteiger partial charge in [0.05, 0.1) is 11.9 Å². The third-order valence-corrected chi connectivity index (χ3v) is 2.62. The highest BCUT2D eigenvalue weighted by molar-refractivity contribution is 6.01. The van der Waals surface area contributed by atoms with Crippen LogP contribution in [0.4, 0.5) is 14.5 Å². The first-order chi connectivity index (χ1) is 10.5. The monoisotopic (exact) mass is 306 g/mol. The lowest BCUT2D eigenvalue weighted by molar-refractivity contribution is -0.118. The van der Waals surface area contributed by atoms with Gasteiger partial charge in [0.15, 0.2) is 0 Å². The highest BCUT2D eigenvalue weighted by atomic mass is 19.1. The van der Waals surface area contributed by atoms with E-state index in [2.05, 4.69) is 10.4 Å². The van der Waals surface area contributed by atoms with E-state index in [0.717, 1.165) is 24.3 Å². The molecule has 1 aromatic heterocycles. The molecule has 0 saturated carbocycles. The smallest absolute Gasteiger partial charge is 0.248 e. The van der Waals surface area contributed by atoms with E-state index in [9.17, 15) is 18.4 Å². The second kappa shape index (κ2) is 6.61. The van der Waals surface area contributed by atoms with Crippen LogP contribution in [-0.2, 0) is 16.1 Å². The molecule has 6 nitrogen and oxygen atoms in total. The summed E-state index contributed by atoms with van der Waals surface area (Å²) in [5, 5.41) is 6.25. The average Bonchev–Trinajstić information content (AvgIpc) is 2.84. The predicted molar refractivity (Wildman–Crippen MR) is 75.4 cm³/mol. The quantitative estimate of drug-likeness (QED) is 0.816. The summed E-state index contributed by atoms with van der Waals surface area (Å²) in [6.45, 7) is -0.119. The molecular formula is C14H12F2N4O2.